The first-order valence-corrected chi connectivity index (χ1v) is 4.44. The van der Waals surface area contributed by atoms with Gasteiger partial charge in [0.15, 0.2) is 0 Å². The Hall–Kier alpha value is -1.35. The lowest BCUT2D eigenvalue weighted by atomic mass is 10.3. The van der Waals surface area contributed by atoms with Gasteiger partial charge in [-0.2, -0.15) is 5.10 Å². The van der Waals surface area contributed by atoms with Gasteiger partial charge in [-0.05, 0) is 18.2 Å². The van der Waals surface area contributed by atoms with E-state index >= 15 is 0 Å². The third kappa shape index (κ3) is 1.70. The molecule has 0 aliphatic carbocycles. The Labute approximate surface area is 81.0 Å². The lowest BCUT2D eigenvalue weighted by Crippen LogP contribution is -1.96. The van der Waals surface area contributed by atoms with Gasteiger partial charge in [0.2, 0.25) is 0 Å². The molecule has 0 fully saturated rings. The molecule has 0 aromatic carbocycles. The highest BCUT2D eigenvalue weighted by Gasteiger charge is 1.97. The molecule has 0 N–H and O–H groups in total. The average Bonchev–Trinajstić information content (AvgIpc) is 2.71. The van der Waals surface area contributed by atoms with Crippen LogP contribution in [0.25, 0.3) is 5.69 Å². The molecule has 2 rings (SSSR count). The molecule has 0 unspecified atom stereocenters. The van der Waals surface area contributed by atoms with Crippen LogP contribution in [0.1, 0.15) is 5.69 Å². The molecule has 66 valence electrons. The van der Waals surface area contributed by atoms with Gasteiger partial charge in [-0.3, -0.25) is 4.98 Å². The molecule has 13 heavy (non-hydrogen) atoms. The Morgan fingerprint density at radius 2 is 2.31 bits per heavy atom. The fraction of sp³-hybridized carbons (Fsp3) is 0.111. The zero-order chi connectivity index (χ0) is 9.10. The van der Waals surface area contributed by atoms with Crippen LogP contribution in [0.2, 0.25) is 0 Å². The minimum absolute atomic E-state index is 0.426. The van der Waals surface area contributed by atoms with E-state index in [9.17, 15) is 0 Å². The minimum Gasteiger partial charge on any atom is -0.260 e. The van der Waals surface area contributed by atoms with Crippen molar-refractivity contribution in [2.75, 3.05) is 0 Å². The summed E-state index contributed by atoms with van der Waals surface area (Å²) in [5, 5.41) is 4.11. The Morgan fingerprint density at radius 3 is 3.00 bits per heavy atom. The van der Waals surface area contributed by atoms with Crippen LogP contribution in [0.4, 0.5) is 0 Å². The van der Waals surface area contributed by atoms with E-state index in [1.54, 1.807) is 17.1 Å². The molecule has 0 atom stereocenters. The average molecular weight is 194 g/mol. The number of alkyl halides is 1. The molecule has 0 saturated heterocycles. The Kier molecular flexibility index (Phi) is 2.27. The van der Waals surface area contributed by atoms with Crippen molar-refractivity contribution >= 4 is 11.6 Å². The van der Waals surface area contributed by atoms with E-state index < -0.39 is 0 Å². The first kappa shape index (κ1) is 8.26. The smallest absolute Gasteiger partial charge is 0.0679 e. The summed E-state index contributed by atoms with van der Waals surface area (Å²) in [5.74, 6) is 0.426. The van der Waals surface area contributed by atoms with E-state index in [0.29, 0.717) is 5.88 Å². The fourth-order valence-electron chi connectivity index (χ4n) is 1.10. The summed E-state index contributed by atoms with van der Waals surface area (Å²) in [6.07, 6.45) is 5.35. The van der Waals surface area contributed by atoms with Crippen LogP contribution in [-0.4, -0.2) is 14.8 Å². The van der Waals surface area contributed by atoms with Gasteiger partial charge in [0.05, 0.1) is 17.3 Å². The maximum absolute atomic E-state index is 5.67. The van der Waals surface area contributed by atoms with Crippen LogP contribution < -0.4 is 0 Å². The summed E-state index contributed by atoms with van der Waals surface area (Å²) >= 11 is 5.67. The molecule has 0 aliphatic rings. The van der Waals surface area contributed by atoms with Gasteiger partial charge in [0.25, 0.3) is 0 Å². The molecule has 2 aromatic heterocycles. The van der Waals surface area contributed by atoms with E-state index in [-0.39, 0.29) is 0 Å². The van der Waals surface area contributed by atoms with Gasteiger partial charge >= 0.3 is 0 Å². The van der Waals surface area contributed by atoms with Crippen LogP contribution in [0, 0.1) is 0 Å². The number of rotatable bonds is 2. The highest BCUT2D eigenvalue weighted by molar-refractivity contribution is 6.16. The van der Waals surface area contributed by atoms with Crippen molar-refractivity contribution in [3.05, 3.63) is 42.5 Å². The van der Waals surface area contributed by atoms with Crippen LogP contribution in [0.3, 0.4) is 0 Å². The van der Waals surface area contributed by atoms with Crippen molar-refractivity contribution in [2.24, 2.45) is 0 Å². The quantitative estimate of drug-likeness (QED) is 0.684. The van der Waals surface area contributed by atoms with Crippen LogP contribution in [0.5, 0.6) is 0 Å². The third-order valence-corrected chi connectivity index (χ3v) is 1.98. The van der Waals surface area contributed by atoms with E-state index in [1.165, 1.54) is 0 Å². The molecular weight excluding hydrogens is 186 g/mol. The van der Waals surface area contributed by atoms with Gasteiger partial charge in [-0.1, -0.05) is 0 Å². The SMILES string of the molecule is ClCc1cc(-n2cccn2)ccn1. The van der Waals surface area contributed by atoms with Crippen LogP contribution in [-0.2, 0) is 5.88 Å². The molecule has 0 amide bonds. The van der Waals surface area contributed by atoms with E-state index in [0.717, 1.165) is 11.4 Å². The highest BCUT2D eigenvalue weighted by atomic mass is 35.5. The first-order chi connectivity index (χ1) is 6.40. The molecule has 0 radical (unpaired) electrons. The summed E-state index contributed by atoms with van der Waals surface area (Å²) in [5.41, 5.74) is 1.84. The van der Waals surface area contributed by atoms with Gasteiger partial charge in [-0.25, -0.2) is 4.68 Å². The summed E-state index contributed by atoms with van der Waals surface area (Å²) in [6.45, 7) is 0. The van der Waals surface area contributed by atoms with Gasteiger partial charge in [-0.15, -0.1) is 11.6 Å². The summed E-state index contributed by atoms with van der Waals surface area (Å²) in [6, 6.07) is 5.68. The molecule has 0 saturated carbocycles. The van der Waals surface area contributed by atoms with Crippen molar-refractivity contribution < 1.29 is 0 Å². The Bertz CT molecular complexity index is 384. The number of nitrogens with zero attached hydrogens (tertiary/aromatic N) is 3. The first-order valence-electron chi connectivity index (χ1n) is 3.91. The molecule has 0 spiro atoms. The van der Waals surface area contributed by atoms with Gasteiger partial charge in [0, 0.05) is 18.6 Å². The molecule has 2 aromatic rings. The number of aromatic nitrogens is 3. The topological polar surface area (TPSA) is 30.7 Å². The summed E-state index contributed by atoms with van der Waals surface area (Å²) in [7, 11) is 0. The Morgan fingerprint density at radius 1 is 1.38 bits per heavy atom. The largest absolute Gasteiger partial charge is 0.260 e. The highest BCUT2D eigenvalue weighted by Crippen LogP contribution is 2.08. The van der Waals surface area contributed by atoms with Crippen LogP contribution >= 0.6 is 11.6 Å². The minimum atomic E-state index is 0.426. The van der Waals surface area contributed by atoms with Gasteiger partial charge < -0.3 is 0 Å². The fourth-order valence-corrected chi connectivity index (χ4v) is 1.25. The zero-order valence-electron chi connectivity index (χ0n) is 6.89. The van der Waals surface area contributed by atoms with Crippen molar-refractivity contribution in [2.45, 2.75) is 5.88 Å². The molecule has 4 heteroatoms. The maximum Gasteiger partial charge on any atom is 0.0679 e. The summed E-state index contributed by atoms with van der Waals surface area (Å²) in [4.78, 5) is 4.09. The monoisotopic (exact) mass is 193 g/mol. The predicted octanol–water partition coefficient (Wildman–Crippen LogP) is 2.01. The van der Waals surface area contributed by atoms with Crippen LogP contribution in [0.15, 0.2) is 36.8 Å². The zero-order valence-corrected chi connectivity index (χ0v) is 7.65. The second kappa shape index (κ2) is 3.58. The lowest BCUT2D eigenvalue weighted by Gasteiger charge is -2.01. The molecule has 3 nitrogen and oxygen atoms in total. The van der Waals surface area contributed by atoms with E-state index in [4.69, 9.17) is 11.6 Å². The van der Waals surface area contributed by atoms with Gasteiger partial charge in [0.1, 0.15) is 0 Å². The normalized spacial score (nSPS) is 10.2. The molecule has 0 bridgehead atoms. The molecule has 2 heterocycles. The maximum atomic E-state index is 5.67. The third-order valence-electron chi connectivity index (χ3n) is 1.71. The van der Waals surface area contributed by atoms with Crippen molar-refractivity contribution in [3.63, 3.8) is 0 Å². The molecule has 0 aliphatic heterocycles. The lowest BCUT2D eigenvalue weighted by molar-refractivity contribution is 0.874. The standard InChI is InChI=1S/C9H8ClN3/c10-7-8-6-9(2-4-11-8)13-5-1-3-12-13/h1-6H,7H2. The van der Waals surface area contributed by atoms with E-state index in [2.05, 4.69) is 10.1 Å². The number of pyridine rings is 1. The number of halogens is 1. The Balaban J connectivity index is 2.41. The van der Waals surface area contributed by atoms with Crippen molar-refractivity contribution in [1.29, 1.82) is 0 Å². The predicted molar refractivity (Wildman–Crippen MR) is 50.9 cm³/mol. The summed E-state index contributed by atoms with van der Waals surface area (Å²) < 4.78 is 1.78. The van der Waals surface area contributed by atoms with E-state index in [1.807, 2.05) is 24.4 Å². The second-order valence-electron chi connectivity index (χ2n) is 2.59. The van der Waals surface area contributed by atoms with Crippen molar-refractivity contribution in [1.82, 2.24) is 14.8 Å². The number of hydrogen-bond acceptors (Lipinski definition) is 2. The molecular formula is C9H8ClN3. The van der Waals surface area contributed by atoms with Crippen molar-refractivity contribution in [3.8, 4) is 5.69 Å². The number of hydrogen-bond donors (Lipinski definition) is 0. The second-order valence-corrected chi connectivity index (χ2v) is 2.86.